The van der Waals surface area contributed by atoms with Gasteiger partial charge in [0.15, 0.2) is 0 Å². The Balaban J connectivity index is 1.86. The van der Waals surface area contributed by atoms with Crippen molar-refractivity contribution in [3.8, 4) is 0 Å². The summed E-state index contributed by atoms with van der Waals surface area (Å²) in [5.74, 6) is 0.686. The molecule has 1 unspecified atom stereocenters. The molecule has 2 N–H and O–H groups in total. The summed E-state index contributed by atoms with van der Waals surface area (Å²) in [5.41, 5.74) is 1.96. The fourth-order valence-electron chi connectivity index (χ4n) is 2.54. The Labute approximate surface area is 126 Å². The lowest BCUT2D eigenvalue weighted by molar-refractivity contribution is 0.575. The van der Waals surface area contributed by atoms with Crippen molar-refractivity contribution in [1.82, 2.24) is 19.9 Å². The van der Waals surface area contributed by atoms with Gasteiger partial charge in [0, 0.05) is 18.4 Å². The number of H-pyrrole nitrogens is 1. The average Bonchev–Trinajstić information content (AvgIpc) is 3.10. The minimum atomic E-state index is -0.0564. The van der Waals surface area contributed by atoms with E-state index in [0.717, 1.165) is 11.9 Å². The van der Waals surface area contributed by atoms with E-state index in [1.165, 1.54) is 16.9 Å². The van der Waals surface area contributed by atoms with Crippen LogP contribution in [0, 0.1) is 0 Å². The lowest BCUT2D eigenvalue weighted by atomic mass is 10.1. The van der Waals surface area contributed by atoms with Gasteiger partial charge in [-0.2, -0.15) is 0 Å². The highest BCUT2D eigenvalue weighted by Crippen LogP contribution is 2.17. The molecule has 0 aliphatic heterocycles. The van der Waals surface area contributed by atoms with Crippen LogP contribution in [-0.4, -0.2) is 21.6 Å². The van der Waals surface area contributed by atoms with E-state index in [1.807, 2.05) is 29.3 Å². The van der Waals surface area contributed by atoms with E-state index in [0.29, 0.717) is 23.1 Å². The van der Waals surface area contributed by atoms with Crippen LogP contribution in [0.25, 0.3) is 10.2 Å². The van der Waals surface area contributed by atoms with Crippen LogP contribution in [0.1, 0.15) is 30.8 Å². The third-order valence-corrected chi connectivity index (χ3v) is 4.53. The summed E-state index contributed by atoms with van der Waals surface area (Å²) in [5, 5.41) is 5.18. The second-order valence-electron chi connectivity index (χ2n) is 5.01. The Morgan fingerprint density at radius 1 is 1.48 bits per heavy atom. The van der Waals surface area contributed by atoms with Gasteiger partial charge in [0.1, 0.15) is 10.5 Å². The van der Waals surface area contributed by atoms with E-state index in [9.17, 15) is 4.79 Å². The van der Waals surface area contributed by atoms with Crippen LogP contribution in [0.15, 0.2) is 34.7 Å². The van der Waals surface area contributed by atoms with Crippen LogP contribution in [-0.2, 0) is 6.54 Å². The molecule has 3 aromatic rings. The Morgan fingerprint density at radius 3 is 3.10 bits per heavy atom. The molecule has 0 saturated carbocycles. The van der Waals surface area contributed by atoms with Crippen molar-refractivity contribution in [3.63, 3.8) is 0 Å². The van der Waals surface area contributed by atoms with Crippen molar-refractivity contribution in [2.75, 3.05) is 7.05 Å². The van der Waals surface area contributed by atoms with E-state index in [4.69, 9.17) is 0 Å². The SMILES string of the molecule is CCC(NC)c1ccn(Cc2nc3ccsc3c(=O)[nH]2)c1. The Hall–Kier alpha value is -1.92. The topological polar surface area (TPSA) is 62.7 Å². The van der Waals surface area contributed by atoms with E-state index < -0.39 is 0 Å². The molecule has 0 fully saturated rings. The van der Waals surface area contributed by atoms with Gasteiger partial charge in [0.25, 0.3) is 5.56 Å². The van der Waals surface area contributed by atoms with E-state index >= 15 is 0 Å². The molecule has 0 bridgehead atoms. The van der Waals surface area contributed by atoms with Crippen LogP contribution in [0.3, 0.4) is 0 Å². The lowest BCUT2D eigenvalue weighted by Crippen LogP contribution is -2.15. The molecule has 0 saturated heterocycles. The highest BCUT2D eigenvalue weighted by molar-refractivity contribution is 7.17. The van der Waals surface area contributed by atoms with E-state index in [-0.39, 0.29) is 5.56 Å². The quantitative estimate of drug-likeness (QED) is 0.761. The molecular weight excluding hydrogens is 284 g/mol. The number of aromatic amines is 1. The zero-order valence-corrected chi connectivity index (χ0v) is 12.9. The van der Waals surface area contributed by atoms with Gasteiger partial charge in [-0.3, -0.25) is 4.79 Å². The molecule has 0 amide bonds. The third-order valence-electron chi connectivity index (χ3n) is 3.63. The van der Waals surface area contributed by atoms with Gasteiger partial charge in [-0.25, -0.2) is 4.98 Å². The van der Waals surface area contributed by atoms with Crippen molar-refractivity contribution in [2.24, 2.45) is 0 Å². The lowest BCUT2D eigenvalue weighted by Gasteiger charge is -2.11. The first kappa shape index (κ1) is 14.0. The number of fused-ring (bicyclic) bond motifs is 1. The highest BCUT2D eigenvalue weighted by atomic mass is 32.1. The summed E-state index contributed by atoms with van der Waals surface area (Å²) in [7, 11) is 1.97. The molecular formula is C15H18N4OS. The zero-order valence-electron chi connectivity index (χ0n) is 12.1. The third kappa shape index (κ3) is 2.77. The van der Waals surface area contributed by atoms with Gasteiger partial charge in [0.2, 0.25) is 0 Å². The fraction of sp³-hybridized carbons (Fsp3) is 0.333. The summed E-state index contributed by atoms with van der Waals surface area (Å²) in [6.45, 7) is 2.73. The standard InChI is InChI=1S/C15H18N4OS/c1-3-11(16-2)10-4-6-19(8-10)9-13-17-12-5-7-21-14(12)15(20)18-13/h4-8,11,16H,3,9H2,1-2H3,(H,17,18,20). The number of thiophene rings is 1. The van der Waals surface area contributed by atoms with Crippen molar-refractivity contribution >= 4 is 21.6 Å². The summed E-state index contributed by atoms with van der Waals surface area (Å²) >= 11 is 1.42. The molecule has 5 nitrogen and oxygen atoms in total. The monoisotopic (exact) mass is 302 g/mol. The molecule has 0 radical (unpaired) electrons. The molecule has 3 rings (SSSR count). The fourth-order valence-corrected chi connectivity index (χ4v) is 3.27. The first-order valence-electron chi connectivity index (χ1n) is 7.00. The van der Waals surface area contributed by atoms with E-state index in [2.05, 4.69) is 34.5 Å². The minimum Gasteiger partial charge on any atom is -0.346 e. The summed E-state index contributed by atoms with van der Waals surface area (Å²) in [6.07, 6.45) is 5.16. The Bertz CT molecular complexity index is 797. The van der Waals surface area contributed by atoms with Gasteiger partial charge in [-0.1, -0.05) is 6.92 Å². The molecule has 3 heterocycles. The normalized spacial score (nSPS) is 12.9. The van der Waals surface area contributed by atoms with Gasteiger partial charge < -0.3 is 14.9 Å². The number of rotatable bonds is 5. The molecule has 6 heteroatoms. The van der Waals surface area contributed by atoms with Crippen LogP contribution in [0.5, 0.6) is 0 Å². The molecule has 1 atom stereocenters. The minimum absolute atomic E-state index is 0.0564. The smallest absolute Gasteiger partial charge is 0.268 e. The van der Waals surface area contributed by atoms with Crippen molar-refractivity contribution in [1.29, 1.82) is 0 Å². The molecule has 0 aliphatic rings. The summed E-state index contributed by atoms with van der Waals surface area (Å²) in [6, 6.07) is 4.34. The predicted octanol–water partition coefficient (Wildman–Crippen LogP) is 2.50. The van der Waals surface area contributed by atoms with Gasteiger partial charge in [-0.05, 0) is 36.5 Å². The van der Waals surface area contributed by atoms with Crippen LogP contribution < -0.4 is 10.9 Å². The number of hydrogen-bond acceptors (Lipinski definition) is 4. The average molecular weight is 302 g/mol. The summed E-state index contributed by atoms with van der Waals surface area (Å²) < 4.78 is 2.74. The number of aromatic nitrogens is 3. The Morgan fingerprint density at radius 2 is 2.33 bits per heavy atom. The maximum absolute atomic E-state index is 12.0. The second kappa shape index (κ2) is 5.83. The first-order valence-corrected chi connectivity index (χ1v) is 7.88. The molecule has 0 aromatic carbocycles. The van der Waals surface area contributed by atoms with Crippen molar-refractivity contribution in [2.45, 2.75) is 25.9 Å². The van der Waals surface area contributed by atoms with Gasteiger partial charge in [-0.15, -0.1) is 11.3 Å². The molecule has 0 aliphatic carbocycles. The second-order valence-corrected chi connectivity index (χ2v) is 5.93. The maximum atomic E-state index is 12.0. The van der Waals surface area contributed by atoms with Gasteiger partial charge in [0.05, 0.1) is 12.1 Å². The van der Waals surface area contributed by atoms with Gasteiger partial charge >= 0.3 is 0 Å². The number of nitrogens with zero attached hydrogens (tertiary/aromatic N) is 2. The maximum Gasteiger partial charge on any atom is 0.268 e. The van der Waals surface area contributed by atoms with Crippen molar-refractivity contribution in [3.05, 3.63) is 51.6 Å². The van der Waals surface area contributed by atoms with Crippen LogP contribution >= 0.6 is 11.3 Å². The molecule has 0 spiro atoms. The predicted molar refractivity (Wildman–Crippen MR) is 85.9 cm³/mol. The van der Waals surface area contributed by atoms with Crippen LogP contribution in [0.4, 0.5) is 0 Å². The number of hydrogen-bond donors (Lipinski definition) is 2. The number of nitrogens with one attached hydrogen (secondary N) is 2. The highest BCUT2D eigenvalue weighted by Gasteiger charge is 2.09. The summed E-state index contributed by atoms with van der Waals surface area (Å²) in [4.78, 5) is 19.3. The van der Waals surface area contributed by atoms with Crippen molar-refractivity contribution < 1.29 is 0 Å². The molecule has 3 aromatic heterocycles. The molecule has 21 heavy (non-hydrogen) atoms. The van der Waals surface area contributed by atoms with Crippen LogP contribution in [0.2, 0.25) is 0 Å². The largest absolute Gasteiger partial charge is 0.346 e. The zero-order chi connectivity index (χ0) is 14.8. The first-order chi connectivity index (χ1) is 10.2. The Kier molecular flexibility index (Phi) is 3.90. The van der Waals surface area contributed by atoms with E-state index in [1.54, 1.807) is 0 Å². The molecule has 110 valence electrons.